The molecule has 1 saturated heterocycles. The highest BCUT2D eigenvalue weighted by molar-refractivity contribution is 5.81. The molecule has 1 fully saturated rings. The van der Waals surface area contributed by atoms with E-state index in [1.807, 2.05) is 25.1 Å². The van der Waals surface area contributed by atoms with Gasteiger partial charge in [-0.2, -0.15) is 0 Å². The number of piperidine rings is 1. The van der Waals surface area contributed by atoms with Crippen molar-refractivity contribution < 1.29 is 9.53 Å². The Balaban J connectivity index is 1.77. The van der Waals surface area contributed by atoms with Crippen molar-refractivity contribution in [2.24, 2.45) is 5.92 Å². The molecule has 1 amide bonds. The van der Waals surface area contributed by atoms with E-state index in [-0.39, 0.29) is 5.91 Å². The number of aryl methyl sites for hydroxylation is 2. The second kappa shape index (κ2) is 9.07. The number of carbonyl (C=O) groups is 1. The number of amides is 1. The Bertz CT molecular complexity index is 536. The number of likely N-dealkylation sites (tertiary alicyclic amines) is 1. The lowest BCUT2D eigenvalue weighted by Gasteiger charge is -2.29. The summed E-state index contributed by atoms with van der Waals surface area (Å²) in [7, 11) is 2.17. The summed E-state index contributed by atoms with van der Waals surface area (Å²) in [6.07, 6.45) is 3.81. The number of nitrogens with zero attached hydrogens (tertiary/aromatic N) is 1. The minimum atomic E-state index is -0.412. The maximum Gasteiger partial charge on any atom is 0.261 e. The van der Waals surface area contributed by atoms with Crippen molar-refractivity contribution in [2.45, 2.75) is 52.6 Å². The van der Waals surface area contributed by atoms with Crippen LogP contribution in [0.1, 0.15) is 43.7 Å². The molecule has 134 valence electrons. The van der Waals surface area contributed by atoms with Crippen LogP contribution < -0.4 is 10.1 Å². The van der Waals surface area contributed by atoms with Gasteiger partial charge in [-0.1, -0.05) is 13.0 Å². The van der Waals surface area contributed by atoms with Gasteiger partial charge in [0.05, 0.1) is 0 Å². The van der Waals surface area contributed by atoms with E-state index < -0.39 is 6.10 Å². The highest BCUT2D eigenvalue weighted by Crippen LogP contribution is 2.20. The lowest BCUT2D eigenvalue weighted by molar-refractivity contribution is -0.128. The predicted molar refractivity (Wildman–Crippen MR) is 98.5 cm³/mol. The van der Waals surface area contributed by atoms with Gasteiger partial charge in [0.1, 0.15) is 5.75 Å². The van der Waals surface area contributed by atoms with E-state index >= 15 is 0 Å². The van der Waals surface area contributed by atoms with Gasteiger partial charge in [0, 0.05) is 6.54 Å². The maximum atomic E-state index is 12.4. The zero-order chi connectivity index (χ0) is 17.5. The smallest absolute Gasteiger partial charge is 0.261 e. The third-order valence-corrected chi connectivity index (χ3v) is 5.11. The maximum absolute atomic E-state index is 12.4. The molecule has 0 unspecified atom stereocenters. The summed E-state index contributed by atoms with van der Waals surface area (Å²) < 4.78 is 5.90. The zero-order valence-corrected chi connectivity index (χ0v) is 15.6. The summed E-state index contributed by atoms with van der Waals surface area (Å²) in [6, 6.07) is 5.98. The molecule has 2 rings (SSSR count). The number of hydrogen-bond acceptors (Lipinski definition) is 3. The van der Waals surface area contributed by atoms with Crippen molar-refractivity contribution in [1.82, 2.24) is 10.2 Å². The number of benzene rings is 1. The average molecular weight is 332 g/mol. The van der Waals surface area contributed by atoms with Gasteiger partial charge in [-0.05, 0) is 88.8 Å². The first-order chi connectivity index (χ1) is 11.5. The molecule has 24 heavy (non-hydrogen) atoms. The number of ether oxygens (including phenoxy) is 1. The summed E-state index contributed by atoms with van der Waals surface area (Å²) in [6.45, 7) is 9.22. The van der Waals surface area contributed by atoms with Crippen LogP contribution in [0.2, 0.25) is 0 Å². The molecule has 0 aromatic heterocycles. The lowest BCUT2D eigenvalue weighted by atomic mass is 9.94. The molecular weight excluding hydrogens is 300 g/mol. The van der Waals surface area contributed by atoms with E-state index in [0.717, 1.165) is 24.6 Å². The van der Waals surface area contributed by atoms with Crippen molar-refractivity contribution >= 4 is 5.91 Å². The largest absolute Gasteiger partial charge is 0.481 e. The second-order valence-electron chi connectivity index (χ2n) is 7.09. The zero-order valence-electron chi connectivity index (χ0n) is 15.6. The topological polar surface area (TPSA) is 41.6 Å². The molecule has 0 bridgehead atoms. The van der Waals surface area contributed by atoms with Gasteiger partial charge >= 0.3 is 0 Å². The Morgan fingerprint density at radius 1 is 1.29 bits per heavy atom. The molecule has 4 heteroatoms. The minimum absolute atomic E-state index is 0.00338. The van der Waals surface area contributed by atoms with Gasteiger partial charge in [0.2, 0.25) is 0 Å². The normalized spacial score (nSPS) is 17.5. The van der Waals surface area contributed by atoms with Crippen LogP contribution in [0.5, 0.6) is 5.75 Å². The molecule has 1 aliphatic heterocycles. The SMILES string of the molecule is CC[C@@H](Oc1ccc(C)c(C)c1)C(=O)NCCC1CCN(C)CC1. The predicted octanol–water partition coefficient (Wildman–Crippen LogP) is 3.31. The van der Waals surface area contributed by atoms with Crippen molar-refractivity contribution in [1.29, 1.82) is 0 Å². The quantitative estimate of drug-likeness (QED) is 0.833. The fraction of sp³-hybridized carbons (Fsp3) is 0.650. The summed E-state index contributed by atoms with van der Waals surface area (Å²) in [4.78, 5) is 14.8. The first-order valence-electron chi connectivity index (χ1n) is 9.19. The third-order valence-electron chi connectivity index (χ3n) is 5.11. The van der Waals surface area contributed by atoms with E-state index in [1.165, 1.54) is 37.1 Å². The van der Waals surface area contributed by atoms with Gasteiger partial charge in [-0.15, -0.1) is 0 Å². The van der Waals surface area contributed by atoms with Crippen molar-refractivity contribution in [3.63, 3.8) is 0 Å². The van der Waals surface area contributed by atoms with Gasteiger partial charge in [-0.25, -0.2) is 0 Å². The minimum Gasteiger partial charge on any atom is -0.481 e. The monoisotopic (exact) mass is 332 g/mol. The molecule has 0 aliphatic carbocycles. The second-order valence-corrected chi connectivity index (χ2v) is 7.09. The Labute approximate surface area is 146 Å². The lowest BCUT2D eigenvalue weighted by Crippen LogP contribution is -2.39. The van der Waals surface area contributed by atoms with E-state index in [1.54, 1.807) is 0 Å². The van der Waals surface area contributed by atoms with Crippen LogP contribution in [-0.4, -0.2) is 43.6 Å². The first kappa shape index (κ1) is 18.8. The summed E-state index contributed by atoms with van der Waals surface area (Å²) in [5.74, 6) is 1.52. The number of rotatable bonds is 7. The Hall–Kier alpha value is -1.55. The van der Waals surface area contributed by atoms with E-state index in [4.69, 9.17) is 4.74 Å². The van der Waals surface area contributed by atoms with Crippen molar-refractivity contribution in [3.05, 3.63) is 29.3 Å². The molecule has 1 atom stereocenters. The fourth-order valence-electron chi connectivity index (χ4n) is 3.14. The van der Waals surface area contributed by atoms with Gasteiger partial charge in [-0.3, -0.25) is 4.79 Å². The molecule has 0 spiro atoms. The van der Waals surface area contributed by atoms with Crippen LogP contribution in [0, 0.1) is 19.8 Å². The summed E-state index contributed by atoms with van der Waals surface area (Å²) >= 11 is 0. The Morgan fingerprint density at radius 2 is 2.00 bits per heavy atom. The molecule has 0 radical (unpaired) electrons. The molecule has 0 saturated carbocycles. The number of hydrogen-bond donors (Lipinski definition) is 1. The summed E-state index contributed by atoms with van der Waals surface area (Å²) in [5, 5.41) is 3.06. The Kier molecular flexibility index (Phi) is 7.10. The van der Waals surface area contributed by atoms with E-state index in [2.05, 4.69) is 31.1 Å². The Morgan fingerprint density at radius 3 is 2.62 bits per heavy atom. The van der Waals surface area contributed by atoms with Crippen LogP contribution in [0.15, 0.2) is 18.2 Å². The van der Waals surface area contributed by atoms with Crippen LogP contribution in [-0.2, 0) is 4.79 Å². The van der Waals surface area contributed by atoms with Crippen molar-refractivity contribution in [3.8, 4) is 5.75 Å². The van der Waals surface area contributed by atoms with Crippen LogP contribution in [0.4, 0.5) is 0 Å². The number of carbonyl (C=O) groups excluding carboxylic acids is 1. The standard InChI is InChI=1S/C20H32N2O2/c1-5-19(24-18-7-6-15(2)16(3)14-18)20(23)21-11-8-17-9-12-22(4)13-10-17/h6-7,14,17,19H,5,8-13H2,1-4H3,(H,21,23)/t19-/m1/s1. The van der Waals surface area contributed by atoms with Gasteiger partial charge < -0.3 is 15.0 Å². The van der Waals surface area contributed by atoms with E-state index in [9.17, 15) is 4.79 Å². The summed E-state index contributed by atoms with van der Waals surface area (Å²) in [5.41, 5.74) is 2.42. The molecule has 1 aliphatic rings. The first-order valence-corrected chi connectivity index (χ1v) is 9.19. The van der Waals surface area contributed by atoms with Crippen LogP contribution >= 0.6 is 0 Å². The van der Waals surface area contributed by atoms with Gasteiger partial charge in [0.25, 0.3) is 5.91 Å². The molecule has 1 aromatic carbocycles. The highest BCUT2D eigenvalue weighted by atomic mass is 16.5. The fourth-order valence-corrected chi connectivity index (χ4v) is 3.14. The molecule has 1 N–H and O–H groups in total. The van der Waals surface area contributed by atoms with E-state index in [0.29, 0.717) is 6.42 Å². The third kappa shape index (κ3) is 5.52. The average Bonchev–Trinajstić information content (AvgIpc) is 2.57. The number of nitrogens with one attached hydrogen (secondary N) is 1. The highest BCUT2D eigenvalue weighted by Gasteiger charge is 2.20. The van der Waals surface area contributed by atoms with Crippen LogP contribution in [0.3, 0.4) is 0 Å². The molecular formula is C20H32N2O2. The van der Waals surface area contributed by atoms with Gasteiger partial charge in [0.15, 0.2) is 6.10 Å². The molecule has 4 nitrogen and oxygen atoms in total. The van der Waals surface area contributed by atoms with Crippen molar-refractivity contribution in [2.75, 3.05) is 26.7 Å². The molecule has 1 heterocycles. The molecule has 1 aromatic rings. The van der Waals surface area contributed by atoms with Crippen LogP contribution in [0.25, 0.3) is 0 Å².